The van der Waals surface area contributed by atoms with Crippen LogP contribution in [0.25, 0.3) is 10.8 Å². The summed E-state index contributed by atoms with van der Waals surface area (Å²) in [6.07, 6.45) is 0.209. The number of ether oxygens (including phenoxy) is 2. The van der Waals surface area contributed by atoms with Gasteiger partial charge in [-0.25, -0.2) is 0 Å². The molecule has 0 saturated carbocycles. The van der Waals surface area contributed by atoms with Crippen LogP contribution in [0.2, 0.25) is 0 Å². The van der Waals surface area contributed by atoms with Crippen molar-refractivity contribution >= 4 is 22.6 Å². The Morgan fingerprint density at radius 3 is 2.44 bits per heavy atom. The number of rotatable bonds is 7. The maximum Gasteiger partial charge on any atom is 0.325 e. The normalized spacial score (nSPS) is 10.4. The minimum Gasteiger partial charge on any atom is -0.496 e. The van der Waals surface area contributed by atoms with E-state index in [4.69, 9.17) is 9.47 Å². The largest absolute Gasteiger partial charge is 0.496 e. The lowest BCUT2D eigenvalue weighted by Gasteiger charge is -2.10. The van der Waals surface area contributed by atoms with E-state index < -0.39 is 5.97 Å². The van der Waals surface area contributed by atoms with Gasteiger partial charge in [0.1, 0.15) is 18.9 Å². The number of fused-ring (bicyclic) bond motifs is 1. The van der Waals surface area contributed by atoms with Gasteiger partial charge < -0.3 is 14.8 Å². The first-order chi connectivity index (χ1) is 13.2. The summed E-state index contributed by atoms with van der Waals surface area (Å²) >= 11 is 0. The van der Waals surface area contributed by atoms with E-state index in [-0.39, 0.29) is 25.5 Å². The van der Waals surface area contributed by atoms with Crippen molar-refractivity contribution in [1.82, 2.24) is 5.32 Å². The molecule has 0 unspecified atom stereocenters. The van der Waals surface area contributed by atoms with Crippen LogP contribution in [0.3, 0.4) is 0 Å². The number of benzene rings is 3. The minimum absolute atomic E-state index is 0.0992. The topological polar surface area (TPSA) is 64.6 Å². The first-order valence-corrected chi connectivity index (χ1v) is 8.68. The fourth-order valence-electron chi connectivity index (χ4n) is 2.88. The zero-order chi connectivity index (χ0) is 19.1. The molecule has 0 spiro atoms. The Morgan fingerprint density at radius 1 is 0.889 bits per heavy atom. The Balaban J connectivity index is 1.50. The predicted molar refractivity (Wildman–Crippen MR) is 103 cm³/mol. The zero-order valence-corrected chi connectivity index (χ0v) is 15.1. The lowest BCUT2D eigenvalue weighted by atomic mass is 10.0. The third-order valence-corrected chi connectivity index (χ3v) is 4.24. The molecule has 0 aliphatic rings. The van der Waals surface area contributed by atoms with Crippen LogP contribution >= 0.6 is 0 Å². The average Bonchev–Trinajstić information content (AvgIpc) is 2.71. The minimum atomic E-state index is -0.493. The molecule has 0 aliphatic carbocycles. The highest BCUT2D eigenvalue weighted by molar-refractivity contribution is 5.91. The summed E-state index contributed by atoms with van der Waals surface area (Å²) in [5, 5.41) is 4.73. The molecule has 3 aromatic rings. The van der Waals surface area contributed by atoms with Gasteiger partial charge in [0, 0.05) is 5.56 Å². The van der Waals surface area contributed by atoms with Crippen LogP contribution in [0, 0.1) is 0 Å². The van der Waals surface area contributed by atoms with Gasteiger partial charge in [-0.2, -0.15) is 0 Å². The summed E-state index contributed by atoms with van der Waals surface area (Å²) in [6, 6.07) is 21.1. The number of hydrogen-bond acceptors (Lipinski definition) is 4. The molecular weight excluding hydrogens is 342 g/mol. The van der Waals surface area contributed by atoms with Gasteiger partial charge in [-0.05, 0) is 22.4 Å². The van der Waals surface area contributed by atoms with E-state index in [1.807, 2.05) is 60.7 Å². The molecule has 0 radical (unpaired) electrons. The van der Waals surface area contributed by atoms with Crippen molar-refractivity contribution in [2.75, 3.05) is 13.7 Å². The number of amides is 1. The molecule has 0 aromatic heterocycles. The maximum atomic E-state index is 12.2. The van der Waals surface area contributed by atoms with Crippen LogP contribution in [0.15, 0.2) is 66.7 Å². The number of carbonyl (C=O) groups is 2. The lowest BCUT2D eigenvalue weighted by Crippen LogP contribution is -2.31. The third-order valence-electron chi connectivity index (χ3n) is 4.24. The van der Waals surface area contributed by atoms with Crippen molar-refractivity contribution in [1.29, 1.82) is 0 Å². The molecule has 5 nitrogen and oxygen atoms in total. The van der Waals surface area contributed by atoms with Crippen LogP contribution < -0.4 is 10.1 Å². The van der Waals surface area contributed by atoms with Gasteiger partial charge in [-0.3, -0.25) is 9.59 Å². The molecule has 1 N–H and O–H groups in total. The Morgan fingerprint density at radius 2 is 1.59 bits per heavy atom. The molecule has 3 rings (SSSR count). The summed E-state index contributed by atoms with van der Waals surface area (Å²) in [5.41, 5.74) is 1.70. The number of carbonyl (C=O) groups excluding carboxylic acids is 2. The average molecular weight is 363 g/mol. The predicted octanol–water partition coefficient (Wildman–Crippen LogP) is 3.25. The van der Waals surface area contributed by atoms with Gasteiger partial charge >= 0.3 is 5.97 Å². The summed E-state index contributed by atoms with van der Waals surface area (Å²) in [6.45, 7) is -0.0687. The molecule has 1 amide bonds. The highest BCUT2D eigenvalue weighted by Gasteiger charge is 2.10. The van der Waals surface area contributed by atoms with E-state index in [1.165, 1.54) is 0 Å². The van der Waals surface area contributed by atoms with Gasteiger partial charge in [0.05, 0.1) is 13.5 Å². The summed E-state index contributed by atoms with van der Waals surface area (Å²) in [7, 11) is 1.56. The van der Waals surface area contributed by atoms with Crippen molar-refractivity contribution in [3.63, 3.8) is 0 Å². The summed E-state index contributed by atoms with van der Waals surface area (Å²) < 4.78 is 10.4. The Labute approximate surface area is 157 Å². The first kappa shape index (κ1) is 18.5. The van der Waals surface area contributed by atoms with E-state index in [0.29, 0.717) is 5.75 Å². The number of hydrogen-bond donors (Lipinski definition) is 1. The van der Waals surface area contributed by atoms with Crippen LogP contribution in [-0.2, 0) is 27.4 Å². The molecule has 0 fully saturated rings. The van der Waals surface area contributed by atoms with Gasteiger partial charge in [0.15, 0.2) is 0 Å². The Kier molecular flexibility index (Phi) is 6.05. The van der Waals surface area contributed by atoms with Gasteiger partial charge in [0.25, 0.3) is 0 Å². The third kappa shape index (κ3) is 4.85. The van der Waals surface area contributed by atoms with Crippen molar-refractivity contribution in [2.24, 2.45) is 0 Å². The van der Waals surface area contributed by atoms with E-state index in [9.17, 15) is 9.59 Å². The molecule has 0 atom stereocenters. The Bertz CT molecular complexity index is 946. The molecule has 5 heteroatoms. The smallest absolute Gasteiger partial charge is 0.325 e. The molecule has 3 aromatic carbocycles. The molecule has 138 valence electrons. The molecule has 0 bridgehead atoms. The number of para-hydroxylation sites is 1. The molecule has 0 saturated heterocycles. The number of nitrogens with one attached hydrogen (secondary N) is 1. The van der Waals surface area contributed by atoms with Crippen LogP contribution in [0.4, 0.5) is 0 Å². The van der Waals surface area contributed by atoms with Gasteiger partial charge in [0.2, 0.25) is 5.91 Å². The van der Waals surface area contributed by atoms with Crippen LogP contribution in [-0.4, -0.2) is 25.5 Å². The van der Waals surface area contributed by atoms with Crippen LogP contribution in [0.5, 0.6) is 5.75 Å². The Hall–Kier alpha value is -3.34. The van der Waals surface area contributed by atoms with E-state index >= 15 is 0 Å². The fourth-order valence-corrected chi connectivity index (χ4v) is 2.88. The quantitative estimate of drug-likeness (QED) is 0.655. The van der Waals surface area contributed by atoms with Crippen molar-refractivity contribution < 1.29 is 19.1 Å². The van der Waals surface area contributed by atoms with E-state index in [1.54, 1.807) is 13.2 Å². The van der Waals surface area contributed by atoms with Gasteiger partial charge in [-0.15, -0.1) is 0 Å². The number of methoxy groups -OCH3 is 1. The molecule has 0 aliphatic heterocycles. The second kappa shape index (κ2) is 8.85. The zero-order valence-electron chi connectivity index (χ0n) is 15.1. The highest BCUT2D eigenvalue weighted by atomic mass is 16.5. The molecular formula is C22H21NO4. The van der Waals surface area contributed by atoms with Crippen molar-refractivity contribution in [2.45, 2.75) is 13.0 Å². The van der Waals surface area contributed by atoms with E-state index in [0.717, 1.165) is 21.9 Å². The van der Waals surface area contributed by atoms with E-state index in [2.05, 4.69) is 5.32 Å². The standard InChI is InChI=1S/C22H21NO4/c1-26-20-12-5-3-8-18(20)15-27-22(25)14-23-21(24)13-17-10-6-9-16-7-2-4-11-19(16)17/h2-12H,13-15H2,1H3,(H,23,24). The van der Waals surface area contributed by atoms with Crippen molar-refractivity contribution in [3.8, 4) is 5.75 Å². The second-order valence-corrected chi connectivity index (χ2v) is 6.06. The molecule has 0 heterocycles. The maximum absolute atomic E-state index is 12.2. The highest BCUT2D eigenvalue weighted by Crippen LogP contribution is 2.19. The summed E-state index contributed by atoms with van der Waals surface area (Å²) in [4.78, 5) is 24.1. The van der Waals surface area contributed by atoms with Crippen LogP contribution in [0.1, 0.15) is 11.1 Å². The van der Waals surface area contributed by atoms with Crippen molar-refractivity contribution in [3.05, 3.63) is 77.9 Å². The van der Waals surface area contributed by atoms with Gasteiger partial charge in [-0.1, -0.05) is 60.7 Å². The monoisotopic (exact) mass is 363 g/mol. The lowest BCUT2D eigenvalue weighted by molar-refractivity contribution is -0.145. The first-order valence-electron chi connectivity index (χ1n) is 8.68. The summed E-state index contributed by atoms with van der Waals surface area (Å²) in [5.74, 6) is -0.0574. The molecule has 27 heavy (non-hydrogen) atoms. The fraction of sp³-hybridized carbons (Fsp3) is 0.182. The SMILES string of the molecule is COc1ccccc1COC(=O)CNC(=O)Cc1cccc2ccccc12. The second-order valence-electron chi connectivity index (χ2n) is 6.06. The number of esters is 1.